The molecule has 0 heterocycles. The van der Waals surface area contributed by atoms with E-state index in [1.54, 1.807) is 6.08 Å². The van der Waals surface area contributed by atoms with Gasteiger partial charge in [0.1, 0.15) is 0 Å². The Balaban J connectivity index is 2.85. The maximum Gasteiger partial charge on any atom is 0.159 e. The topological polar surface area (TPSA) is 17.1 Å². The lowest BCUT2D eigenvalue weighted by Crippen LogP contribution is -2.38. The fourth-order valence-corrected chi connectivity index (χ4v) is 2.91. The van der Waals surface area contributed by atoms with E-state index >= 15 is 0 Å². The van der Waals surface area contributed by atoms with Gasteiger partial charge in [0.25, 0.3) is 0 Å². The minimum atomic E-state index is 0.189. The highest BCUT2D eigenvalue weighted by atomic mass is 16.1. The summed E-state index contributed by atoms with van der Waals surface area (Å²) in [7, 11) is 0. The minimum absolute atomic E-state index is 0.189. The van der Waals surface area contributed by atoms with Gasteiger partial charge in [0.05, 0.1) is 0 Å². The molecule has 1 aliphatic rings. The van der Waals surface area contributed by atoms with E-state index in [2.05, 4.69) is 20.8 Å². The average molecular weight is 194 g/mol. The molecule has 2 atom stereocenters. The number of allylic oxidation sites excluding steroid dienone is 2. The average Bonchev–Trinajstić information content (AvgIpc) is 2.02. The molecule has 0 spiro atoms. The van der Waals surface area contributed by atoms with E-state index < -0.39 is 0 Å². The highest BCUT2D eigenvalue weighted by molar-refractivity contribution is 5.92. The molecule has 0 saturated heterocycles. The van der Waals surface area contributed by atoms with Gasteiger partial charge < -0.3 is 0 Å². The second-order valence-corrected chi connectivity index (χ2v) is 5.24. The molecule has 0 aromatic rings. The van der Waals surface area contributed by atoms with Crippen LogP contribution >= 0.6 is 0 Å². The Hall–Kier alpha value is -0.590. The van der Waals surface area contributed by atoms with Crippen LogP contribution < -0.4 is 0 Å². The maximum atomic E-state index is 11.9. The first-order valence-corrected chi connectivity index (χ1v) is 5.65. The summed E-state index contributed by atoms with van der Waals surface area (Å²) < 4.78 is 0. The van der Waals surface area contributed by atoms with Gasteiger partial charge in [0, 0.05) is 5.92 Å². The van der Waals surface area contributed by atoms with Crippen molar-refractivity contribution in [2.24, 2.45) is 17.3 Å². The lowest BCUT2D eigenvalue weighted by atomic mass is 9.62. The van der Waals surface area contributed by atoms with Crippen LogP contribution in [-0.4, -0.2) is 5.78 Å². The number of carbonyl (C=O) groups is 1. The summed E-state index contributed by atoms with van der Waals surface area (Å²) in [5.41, 5.74) is 0.189. The molecule has 0 N–H and O–H groups in total. The zero-order chi connectivity index (χ0) is 10.8. The summed E-state index contributed by atoms with van der Waals surface area (Å²) >= 11 is 0. The van der Waals surface area contributed by atoms with E-state index in [0.29, 0.717) is 11.7 Å². The van der Waals surface area contributed by atoms with Gasteiger partial charge in [-0.2, -0.15) is 0 Å². The van der Waals surface area contributed by atoms with Crippen molar-refractivity contribution < 1.29 is 4.79 Å². The van der Waals surface area contributed by atoms with Crippen molar-refractivity contribution in [3.63, 3.8) is 0 Å². The molecular weight excluding hydrogens is 172 g/mol. The lowest BCUT2D eigenvalue weighted by molar-refractivity contribution is -0.125. The lowest BCUT2D eigenvalue weighted by Gasteiger charge is -2.41. The van der Waals surface area contributed by atoms with Crippen molar-refractivity contribution in [1.29, 1.82) is 0 Å². The molecule has 0 amide bonds. The molecule has 1 fully saturated rings. The molecule has 14 heavy (non-hydrogen) atoms. The van der Waals surface area contributed by atoms with Crippen molar-refractivity contribution in [2.45, 2.75) is 47.0 Å². The number of hydrogen-bond acceptors (Lipinski definition) is 1. The number of ketones is 1. The van der Waals surface area contributed by atoms with Crippen LogP contribution in [0.25, 0.3) is 0 Å². The van der Waals surface area contributed by atoms with E-state index in [1.807, 2.05) is 13.0 Å². The summed E-state index contributed by atoms with van der Waals surface area (Å²) in [6.07, 6.45) is 7.27. The van der Waals surface area contributed by atoms with Crippen LogP contribution in [0.3, 0.4) is 0 Å². The Kier molecular flexibility index (Phi) is 3.52. The Labute approximate surface area is 87.6 Å². The zero-order valence-corrected chi connectivity index (χ0v) is 9.84. The fourth-order valence-electron chi connectivity index (χ4n) is 2.91. The summed E-state index contributed by atoms with van der Waals surface area (Å²) in [5, 5.41) is 0. The van der Waals surface area contributed by atoms with Crippen LogP contribution in [0.2, 0.25) is 0 Å². The molecular formula is C13H22O. The third kappa shape index (κ3) is 2.26. The Morgan fingerprint density at radius 2 is 2.07 bits per heavy atom. The molecule has 1 heteroatoms. The number of hydrogen-bond donors (Lipinski definition) is 0. The molecule has 80 valence electrons. The van der Waals surface area contributed by atoms with Crippen LogP contribution in [0, 0.1) is 17.3 Å². The first kappa shape index (κ1) is 11.5. The molecule has 0 radical (unpaired) electrons. The molecule has 1 rings (SSSR count). The van der Waals surface area contributed by atoms with Gasteiger partial charge in [-0.1, -0.05) is 33.3 Å². The monoisotopic (exact) mass is 194 g/mol. The standard InChI is InChI=1S/C13H22O/c1-5-7-11(14)12-10(2)8-6-9-13(12,3)4/h5,7,10,12H,6,8-9H2,1-4H3/b7-5+/t10-,12+/m1/s1. The van der Waals surface area contributed by atoms with Crippen LogP contribution in [0.5, 0.6) is 0 Å². The molecule has 1 aliphatic carbocycles. The summed E-state index contributed by atoms with van der Waals surface area (Å²) in [4.78, 5) is 11.9. The molecule has 0 aromatic carbocycles. The Morgan fingerprint density at radius 1 is 1.43 bits per heavy atom. The van der Waals surface area contributed by atoms with E-state index in [4.69, 9.17) is 0 Å². The minimum Gasteiger partial charge on any atom is -0.295 e. The predicted octanol–water partition coefficient (Wildman–Crippen LogP) is 3.59. The molecule has 1 saturated carbocycles. The van der Waals surface area contributed by atoms with Gasteiger partial charge in [0.15, 0.2) is 5.78 Å². The van der Waals surface area contributed by atoms with Gasteiger partial charge in [-0.25, -0.2) is 0 Å². The number of carbonyl (C=O) groups excluding carboxylic acids is 1. The van der Waals surface area contributed by atoms with Crippen molar-refractivity contribution >= 4 is 5.78 Å². The van der Waals surface area contributed by atoms with Crippen molar-refractivity contribution in [3.8, 4) is 0 Å². The third-order valence-corrected chi connectivity index (χ3v) is 3.53. The SMILES string of the molecule is C/C=C/C(=O)[C@@H]1[C@H](C)CCCC1(C)C. The van der Waals surface area contributed by atoms with E-state index in [1.165, 1.54) is 19.3 Å². The maximum absolute atomic E-state index is 11.9. The number of rotatable bonds is 2. The fraction of sp³-hybridized carbons (Fsp3) is 0.769. The molecule has 0 aromatic heterocycles. The van der Waals surface area contributed by atoms with E-state index in [9.17, 15) is 4.79 Å². The molecule has 0 aliphatic heterocycles. The van der Waals surface area contributed by atoms with Gasteiger partial charge in [-0.3, -0.25) is 4.79 Å². The Bertz CT molecular complexity index is 238. The predicted molar refractivity (Wildman–Crippen MR) is 60.1 cm³/mol. The van der Waals surface area contributed by atoms with Crippen molar-refractivity contribution in [3.05, 3.63) is 12.2 Å². The summed E-state index contributed by atoms with van der Waals surface area (Å²) in [5.74, 6) is 1.10. The van der Waals surface area contributed by atoms with Gasteiger partial charge in [-0.15, -0.1) is 0 Å². The van der Waals surface area contributed by atoms with E-state index in [0.717, 1.165) is 0 Å². The van der Waals surface area contributed by atoms with E-state index in [-0.39, 0.29) is 11.3 Å². The van der Waals surface area contributed by atoms with Gasteiger partial charge in [0.2, 0.25) is 0 Å². The van der Waals surface area contributed by atoms with Crippen LogP contribution in [-0.2, 0) is 4.79 Å². The smallest absolute Gasteiger partial charge is 0.159 e. The van der Waals surface area contributed by atoms with Gasteiger partial charge in [-0.05, 0) is 37.2 Å². The van der Waals surface area contributed by atoms with Gasteiger partial charge >= 0.3 is 0 Å². The van der Waals surface area contributed by atoms with Crippen molar-refractivity contribution in [1.82, 2.24) is 0 Å². The second-order valence-electron chi connectivity index (χ2n) is 5.24. The first-order chi connectivity index (χ1) is 6.49. The van der Waals surface area contributed by atoms with Crippen molar-refractivity contribution in [2.75, 3.05) is 0 Å². The largest absolute Gasteiger partial charge is 0.295 e. The Morgan fingerprint density at radius 3 is 2.57 bits per heavy atom. The second kappa shape index (κ2) is 4.29. The first-order valence-electron chi connectivity index (χ1n) is 5.65. The third-order valence-electron chi connectivity index (χ3n) is 3.53. The highest BCUT2D eigenvalue weighted by Gasteiger charge is 2.40. The summed E-state index contributed by atoms with van der Waals surface area (Å²) in [6, 6.07) is 0. The summed E-state index contributed by atoms with van der Waals surface area (Å²) in [6.45, 7) is 8.59. The molecule has 0 unspecified atom stereocenters. The highest BCUT2D eigenvalue weighted by Crippen LogP contribution is 2.44. The van der Waals surface area contributed by atoms with Crippen LogP contribution in [0.4, 0.5) is 0 Å². The van der Waals surface area contributed by atoms with Crippen LogP contribution in [0.1, 0.15) is 47.0 Å². The van der Waals surface area contributed by atoms with Crippen LogP contribution in [0.15, 0.2) is 12.2 Å². The molecule has 1 nitrogen and oxygen atoms in total. The molecule has 0 bridgehead atoms. The zero-order valence-electron chi connectivity index (χ0n) is 9.84. The quantitative estimate of drug-likeness (QED) is 0.614. The normalized spacial score (nSPS) is 32.0.